The summed E-state index contributed by atoms with van der Waals surface area (Å²) >= 11 is 0. The van der Waals surface area contributed by atoms with Crippen molar-refractivity contribution < 1.29 is 12.2 Å². The molecule has 5 nitrogen and oxygen atoms in total. The molecule has 0 spiro atoms. The molecule has 5 heteroatoms. The van der Waals surface area contributed by atoms with Gasteiger partial charge >= 0.3 is 0 Å². The number of ether oxygens (including phenoxy) is 2. The molecule has 2 atom stereocenters. The molecule has 1 aromatic heterocycles. The summed E-state index contributed by atoms with van der Waals surface area (Å²) in [6, 6.07) is 27.7. The van der Waals surface area contributed by atoms with Crippen LogP contribution >= 0.6 is 0 Å². The van der Waals surface area contributed by atoms with Crippen molar-refractivity contribution in [3.63, 3.8) is 0 Å². The minimum absolute atomic E-state index is 0.0103. The molecule has 0 bridgehead atoms. The Kier molecular flexibility index (Phi) is 7.29. The Morgan fingerprint density at radius 1 is 0.849 bits per heavy atom. The lowest BCUT2D eigenvalue weighted by Gasteiger charge is -2.41. The highest BCUT2D eigenvalue weighted by atomic mass is 16.5. The number of hydrogen-bond donors (Lipinski definition) is 0. The van der Waals surface area contributed by atoms with E-state index in [1.54, 1.807) is 0 Å². The Morgan fingerprint density at radius 3 is 2.34 bits per heavy atom. The molecule has 53 heavy (non-hydrogen) atoms. The molecule has 2 aliphatic heterocycles. The third kappa shape index (κ3) is 5.49. The third-order valence-corrected chi connectivity index (χ3v) is 12.0. The number of nitrogens with zero attached hydrogens (tertiary/aromatic N) is 3. The van der Waals surface area contributed by atoms with E-state index in [4.69, 9.17) is 19.5 Å². The SMILES string of the molecule is [2H]C1([2H])c2c(ccc(C)c2C)[C@@]2(C)N=C(c3cc(Oc4cc(C)cc(N5c6ccc(C(C)(C)C)cc6C(C)(C)c6cccnc65)c4)cc(C(C)C)c3)O[C@@]12C. The van der Waals surface area contributed by atoms with Gasteiger partial charge in [0, 0.05) is 37.9 Å². The second-order valence-corrected chi connectivity index (χ2v) is 17.5. The van der Waals surface area contributed by atoms with E-state index in [0.29, 0.717) is 23.0 Å². The Balaban J connectivity index is 1.21. The van der Waals surface area contributed by atoms with Gasteiger partial charge < -0.3 is 9.47 Å². The lowest BCUT2D eigenvalue weighted by atomic mass is 9.72. The van der Waals surface area contributed by atoms with E-state index < -0.39 is 17.5 Å². The lowest BCUT2D eigenvalue weighted by molar-refractivity contribution is 0.0475. The molecule has 0 fully saturated rings. The molecule has 0 unspecified atom stereocenters. The monoisotopic (exact) mass is 705 g/mol. The van der Waals surface area contributed by atoms with Gasteiger partial charge in [0.15, 0.2) is 0 Å². The first kappa shape index (κ1) is 32.7. The number of hydrogen-bond acceptors (Lipinski definition) is 5. The second kappa shape index (κ2) is 11.8. The van der Waals surface area contributed by atoms with Crippen LogP contribution in [0.1, 0.15) is 127 Å². The number of aromatic nitrogens is 1. The Bertz CT molecular complexity index is 2440. The van der Waals surface area contributed by atoms with E-state index in [-0.39, 0.29) is 16.7 Å². The van der Waals surface area contributed by atoms with Gasteiger partial charge in [0.25, 0.3) is 0 Å². The summed E-state index contributed by atoms with van der Waals surface area (Å²) in [6.45, 7) is 25.7. The number of benzene rings is 4. The molecule has 3 heterocycles. The van der Waals surface area contributed by atoms with E-state index >= 15 is 0 Å². The fourth-order valence-electron chi connectivity index (χ4n) is 8.31. The summed E-state index contributed by atoms with van der Waals surface area (Å²) < 4.78 is 32.4. The summed E-state index contributed by atoms with van der Waals surface area (Å²) in [6.07, 6.45) is 0.118. The standard InChI is InChI=1S/C48H53N3O2/c1-28(2)32-22-33(44-50-48(12)39-17-15-30(4)31(5)38(39)27-47(48,11)53-44)24-37(23-32)52-36-21-29(3)20-35(26-36)51-42-18-16-34(45(6,7)8)25-41(42)46(9,10)40-14-13-19-49-43(40)51/h13-26,28H,27H2,1-12H3/t47-,48+/m0/s1/i27D2. The summed E-state index contributed by atoms with van der Waals surface area (Å²) in [7, 11) is 0. The van der Waals surface area contributed by atoms with Gasteiger partial charge in [-0.1, -0.05) is 78.8 Å². The number of aryl methyl sites for hydroxylation is 2. The largest absolute Gasteiger partial charge is 0.468 e. The van der Waals surface area contributed by atoms with Gasteiger partial charge in [-0.15, -0.1) is 0 Å². The zero-order chi connectivity index (χ0) is 39.6. The first-order valence-electron chi connectivity index (χ1n) is 19.9. The number of aliphatic imine (C=N–C) groups is 1. The lowest BCUT2D eigenvalue weighted by Crippen LogP contribution is -2.41. The maximum atomic E-state index is 9.42. The van der Waals surface area contributed by atoms with E-state index in [9.17, 15) is 2.74 Å². The second-order valence-electron chi connectivity index (χ2n) is 17.5. The molecule has 0 N–H and O–H groups in total. The number of pyridine rings is 1. The molecule has 8 rings (SSSR count). The van der Waals surface area contributed by atoms with Crippen molar-refractivity contribution in [2.24, 2.45) is 4.99 Å². The van der Waals surface area contributed by atoms with Crippen molar-refractivity contribution in [3.05, 3.63) is 141 Å². The van der Waals surface area contributed by atoms with Gasteiger partial charge in [-0.25, -0.2) is 9.98 Å². The van der Waals surface area contributed by atoms with Crippen LogP contribution in [0.3, 0.4) is 0 Å². The van der Waals surface area contributed by atoms with Crippen molar-refractivity contribution in [1.29, 1.82) is 0 Å². The highest BCUT2D eigenvalue weighted by molar-refractivity contribution is 5.97. The van der Waals surface area contributed by atoms with Crippen LogP contribution in [0.5, 0.6) is 11.5 Å². The number of fused-ring (bicyclic) bond motifs is 5. The van der Waals surface area contributed by atoms with Crippen LogP contribution < -0.4 is 9.64 Å². The van der Waals surface area contributed by atoms with Crippen LogP contribution in [0, 0.1) is 20.8 Å². The number of rotatable bonds is 5. The molecular formula is C48H53N3O2. The van der Waals surface area contributed by atoms with Crippen molar-refractivity contribution in [2.75, 3.05) is 4.90 Å². The molecule has 0 saturated heterocycles. The molecule has 0 amide bonds. The molecule has 1 aliphatic carbocycles. The van der Waals surface area contributed by atoms with Crippen LogP contribution in [-0.4, -0.2) is 16.5 Å². The normalized spacial score (nSPS) is 22.6. The first-order chi connectivity index (χ1) is 25.7. The van der Waals surface area contributed by atoms with Crippen LogP contribution in [0.15, 0.2) is 90.1 Å². The molecule has 3 aliphatic rings. The highest BCUT2D eigenvalue weighted by Crippen LogP contribution is 2.55. The van der Waals surface area contributed by atoms with Gasteiger partial charge in [-0.3, -0.25) is 4.90 Å². The average molecular weight is 706 g/mol. The zero-order valence-electron chi connectivity index (χ0n) is 35.3. The first-order valence-corrected chi connectivity index (χ1v) is 18.9. The summed E-state index contributed by atoms with van der Waals surface area (Å²) in [5.41, 5.74) is 9.97. The number of anilines is 3. The quantitative estimate of drug-likeness (QED) is 0.183. The van der Waals surface area contributed by atoms with Gasteiger partial charge in [0.05, 0.1) is 11.4 Å². The molecule has 0 saturated carbocycles. The van der Waals surface area contributed by atoms with Crippen LogP contribution in [-0.2, 0) is 27.5 Å². The summed E-state index contributed by atoms with van der Waals surface area (Å²) in [5, 5.41) is 0. The van der Waals surface area contributed by atoms with Crippen LogP contribution in [0.25, 0.3) is 0 Å². The minimum atomic E-state index is -1.75. The van der Waals surface area contributed by atoms with E-state index in [1.807, 2.05) is 52.1 Å². The van der Waals surface area contributed by atoms with Crippen molar-refractivity contribution >= 4 is 23.1 Å². The topological polar surface area (TPSA) is 47.0 Å². The summed E-state index contributed by atoms with van der Waals surface area (Å²) in [5.74, 6) is 2.92. The van der Waals surface area contributed by atoms with E-state index in [2.05, 4.69) is 121 Å². The fourth-order valence-corrected chi connectivity index (χ4v) is 8.31. The minimum Gasteiger partial charge on any atom is -0.468 e. The summed E-state index contributed by atoms with van der Waals surface area (Å²) in [4.78, 5) is 12.5. The Hall–Kier alpha value is -4.90. The van der Waals surface area contributed by atoms with E-state index in [0.717, 1.165) is 50.6 Å². The maximum absolute atomic E-state index is 9.42. The highest BCUT2D eigenvalue weighted by Gasteiger charge is 2.59. The zero-order valence-corrected chi connectivity index (χ0v) is 33.3. The van der Waals surface area contributed by atoms with Gasteiger partial charge in [-0.2, -0.15) is 0 Å². The van der Waals surface area contributed by atoms with E-state index in [1.165, 1.54) is 16.7 Å². The molecule has 272 valence electrons. The van der Waals surface area contributed by atoms with Crippen molar-refractivity contribution in [3.8, 4) is 11.5 Å². The molecular weight excluding hydrogens is 651 g/mol. The molecule has 5 aromatic rings. The molecule has 4 aromatic carbocycles. The predicted molar refractivity (Wildman–Crippen MR) is 218 cm³/mol. The van der Waals surface area contributed by atoms with Gasteiger partial charge in [-0.05, 0) is 133 Å². The molecule has 0 radical (unpaired) electrons. The van der Waals surface area contributed by atoms with Gasteiger partial charge in [0.1, 0.15) is 28.5 Å². The van der Waals surface area contributed by atoms with Crippen molar-refractivity contribution in [1.82, 2.24) is 4.98 Å². The van der Waals surface area contributed by atoms with Crippen LogP contribution in [0.4, 0.5) is 17.2 Å². The van der Waals surface area contributed by atoms with Gasteiger partial charge in [0.2, 0.25) is 5.90 Å². The fraction of sp³-hybridized carbons (Fsp3) is 0.375. The predicted octanol–water partition coefficient (Wildman–Crippen LogP) is 12.3. The Morgan fingerprint density at radius 2 is 1.60 bits per heavy atom. The maximum Gasteiger partial charge on any atom is 0.217 e. The van der Waals surface area contributed by atoms with Crippen molar-refractivity contribution in [2.45, 2.75) is 117 Å². The third-order valence-electron chi connectivity index (χ3n) is 12.0. The average Bonchev–Trinajstić information content (AvgIpc) is 3.46. The smallest absolute Gasteiger partial charge is 0.217 e. The van der Waals surface area contributed by atoms with Crippen LogP contribution in [0.2, 0.25) is 0 Å². The Labute approximate surface area is 318 Å².